The molecule has 0 aliphatic carbocycles. The molecule has 0 aromatic rings. The molecule has 1 aliphatic rings. The molecule has 132 valence electrons. The maximum Gasteiger partial charge on any atom is 0.0157 e. The highest BCUT2D eigenvalue weighted by atomic mass is 15.0. The second-order valence-electron chi connectivity index (χ2n) is 9.57. The van der Waals surface area contributed by atoms with E-state index in [4.69, 9.17) is 0 Å². The fourth-order valence-electron chi connectivity index (χ4n) is 4.96. The normalized spacial score (nSPS) is 34.5. The largest absolute Gasteiger partial charge is 0.311 e. The average Bonchev–Trinajstić information content (AvgIpc) is 2.54. The number of rotatable bonds is 5. The predicted molar refractivity (Wildman–Crippen MR) is 100 cm³/mol. The van der Waals surface area contributed by atoms with Crippen LogP contribution < -0.4 is 5.32 Å². The zero-order valence-electron chi connectivity index (χ0n) is 17.0. The zero-order chi connectivity index (χ0) is 17.2. The zero-order valence-corrected chi connectivity index (χ0v) is 17.0. The van der Waals surface area contributed by atoms with E-state index < -0.39 is 0 Å². The lowest BCUT2D eigenvalue weighted by Crippen LogP contribution is -2.54. The van der Waals surface area contributed by atoms with Crippen molar-refractivity contribution in [3.63, 3.8) is 0 Å². The van der Waals surface area contributed by atoms with Gasteiger partial charge in [-0.3, -0.25) is 0 Å². The van der Waals surface area contributed by atoms with Crippen molar-refractivity contribution in [1.82, 2.24) is 5.32 Å². The third kappa shape index (κ3) is 4.08. The molecule has 1 fully saturated rings. The third-order valence-electron chi connectivity index (χ3n) is 6.85. The second-order valence-corrected chi connectivity index (χ2v) is 9.57. The summed E-state index contributed by atoms with van der Waals surface area (Å²) in [6.45, 7) is 24.4. The first kappa shape index (κ1) is 20.0. The molecule has 0 saturated carbocycles. The van der Waals surface area contributed by atoms with Gasteiger partial charge in [-0.05, 0) is 54.3 Å². The minimum absolute atomic E-state index is 0.332. The van der Waals surface area contributed by atoms with Gasteiger partial charge in [0, 0.05) is 12.1 Å². The summed E-state index contributed by atoms with van der Waals surface area (Å²) in [4.78, 5) is 0. The molecule has 0 bridgehead atoms. The van der Waals surface area contributed by atoms with Crippen molar-refractivity contribution in [1.29, 1.82) is 0 Å². The Bertz CT molecular complexity index is 329. The molecular formula is C21H43N. The van der Waals surface area contributed by atoms with Crippen LogP contribution in [0.5, 0.6) is 0 Å². The minimum atomic E-state index is 0.332. The van der Waals surface area contributed by atoms with E-state index in [-0.39, 0.29) is 0 Å². The van der Waals surface area contributed by atoms with Crippen molar-refractivity contribution < 1.29 is 0 Å². The Hall–Kier alpha value is -0.0400. The summed E-state index contributed by atoms with van der Waals surface area (Å²) in [5.74, 6) is 4.68. The maximum absolute atomic E-state index is 4.08. The molecule has 0 amide bonds. The molecule has 5 unspecified atom stereocenters. The van der Waals surface area contributed by atoms with E-state index in [1.807, 2.05) is 0 Å². The predicted octanol–water partition coefficient (Wildman–Crippen LogP) is 5.99. The minimum Gasteiger partial charge on any atom is -0.311 e. The fourth-order valence-corrected chi connectivity index (χ4v) is 4.96. The van der Waals surface area contributed by atoms with Crippen molar-refractivity contribution >= 4 is 0 Å². The Morgan fingerprint density at radius 2 is 1.45 bits per heavy atom. The van der Waals surface area contributed by atoms with Gasteiger partial charge in [-0.2, -0.15) is 0 Å². The van der Waals surface area contributed by atoms with Crippen LogP contribution in [0.25, 0.3) is 0 Å². The quantitative estimate of drug-likeness (QED) is 0.657. The molecule has 1 rings (SSSR count). The second kappa shape index (κ2) is 7.69. The first-order valence-corrected chi connectivity index (χ1v) is 9.79. The lowest BCUT2D eigenvalue weighted by Gasteiger charge is -2.48. The van der Waals surface area contributed by atoms with Crippen molar-refractivity contribution in [2.75, 3.05) is 0 Å². The van der Waals surface area contributed by atoms with E-state index in [1.54, 1.807) is 0 Å². The summed E-state index contributed by atoms with van der Waals surface area (Å²) in [7, 11) is 0. The topological polar surface area (TPSA) is 12.0 Å². The van der Waals surface area contributed by atoms with Crippen molar-refractivity contribution in [2.24, 2.45) is 40.9 Å². The molecule has 5 atom stereocenters. The Morgan fingerprint density at radius 1 is 0.955 bits per heavy atom. The molecular weight excluding hydrogens is 266 g/mol. The SMILES string of the molecule is CCC1CC(C)NC(C(C)(C)C(C)C)C(C(C)C)C1C(C)C. The van der Waals surface area contributed by atoms with E-state index in [1.165, 1.54) is 12.8 Å². The van der Waals surface area contributed by atoms with Gasteiger partial charge < -0.3 is 5.32 Å². The van der Waals surface area contributed by atoms with Crippen LogP contribution in [0.1, 0.15) is 82.1 Å². The number of hydrogen-bond acceptors (Lipinski definition) is 1. The summed E-state index contributed by atoms with van der Waals surface area (Å²) < 4.78 is 0. The fraction of sp³-hybridized carbons (Fsp3) is 1.00. The molecule has 1 nitrogen and oxygen atoms in total. The van der Waals surface area contributed by atoms with Crippen LogP contribution in [0.15, 0.2) is 0 Å². The van der Waals surface area contributed by atoms with E-state index in [0.717, 1.165) is 29.6 Å². The summed E-state index contributed by atoms with van der Waals surface area (Å²) in [5.41, 5.74) is 0.332. The van der Waals surface area contributed by atoms with Gasteiger partial charge in [-0.25, -0.2) is 0 Å². The Labute approximate surface area is 141 Å². The molecule has 1 saturated heterocycles. The van der Waals surface area contributed by atoms with Gasteiger partial charge in [-0.1, -0.05) is 68.7 Å². The first-order chi connectivity index (χ1) is 10.0. The van der Waals surface area contributed by atoms with E-state index in [0.29, 0.717) is 23.4 Å². The van der Waals surface area contributed by atoms with Crippen LogP contribution in [0.3, 0.4) is 0 Å². The van der Waals surface area contributed by atoms with Gasteiger partial charge >= 0.3 is 0 Å². The maximum atomic E-state index is 4.08. The standard InChI is InChI=1S/C21H43N/c1-11-17-12-16(8)22-20(21(9,10)15(6)7)19(14(4)5)18(17)13(2)3/h13-20,22H,11-12H2,1-10H3. The molecule has 22 heavy (non-hydrogen) atoms. The van der Waals surface area contributed by atoms with E-state index in [2.05, 4.69) is 74.6 Å². The van der Waals surface area contributed by atoms with Crippen molar-refractivity contribution in [3.8, 4) is 0 Å². The molecule has 1 heteroatoms. The van der Waals surface area contributed by atoms with Gasteiger partial charge in [0.2, 0.25) is 0 Å². The van der Waals surface area contributed by atoms with Gasteiger partial charge in [0.05, 0.1) is 0 Å². The number of nitrogens with one attached hydrogen (secondary N) is 1. The monoisotopic (exact) mass is 309 g/mol. The highest BCUT2D eigenvalue weighted by molar-refractivity contribution is 5.00. The molecule has 0 radical (unpaired) electrons. The smallest absolute Gasteiger partial charge is 0.0157 e. The lowest BCUT2D eigenvalue weighted by atomic mass is 9.60. The van der Waals surface area contributed by atoms with Crippen LogP contribution in [-0.4, -0.2) is 12.1 Å². The molecule has 1 aliphatic heterocycles. The molecule has 1 N–H and O–H groups in total. The lowest BCUT2D eigenvalue weighted by molar-refractivity contribution is 0.0359. The Balaban J connectivity index is 3.34. The average molecular weight is 310 g/mol. The van der Waals surface area contributed by atoms with E-state index in [9.17, 15) is 0 Å². The highest BCUT2D eigenvalue weighted by Gasteiger charge is 2.47. The van der Waals surface area contributed by atoms with Crippen LogP contribution in [0.4, 0.5) is 0 Å². The summed E-state index contributed by atoms with van der Waals surface area (Å²) in [5, 5.41) is 4.08. The van der Waals surface area contributed by atoms with Gasteiger partial charge in [-0.15, -0.1) is 0 Å². The molecule has 1 heterocycles. The first-order valence-electron chi connectivity index (χ1n) is 9.79. The van der Waals surface area contributed by atoms with Gasteiger partial charge in [0.25, 0.3) is 0 Å². The summed E-state index contributed by atoms with van der Waals surface area (Å²) in [6.07, 6.45) is 2.67. The van der Waals surface area contributed by atoms with Crippen LogP contribution in [0.2, 0.25) is 0 Å². The van der Waals surface area contributed by atoms with Gasteiger partial charge in [0.1, 0.15) is 0 Å². The van der Waals surface area contributed by atoms with Crippen molar-refractivity contribution in [3.05, 3.63) is 0 Å². The summed E-state index contributed by atoms with van der Waals surface area (Å²) >= 11 is 0. The van der Waals surface area contributed by atoms with Crippen LogP contribution >= 0.6 is 0 Å². The Kier molecular flexibility index (Phi) is 6.99. The Morgan fingerprint density at radius 3 is 1.82 bits per heavy atom. The molecule has 0 spiro atoms. The van der Waals surface area contributed by atoms with Gasteiger partial charge in [0.15, 0.2) is 0 Å². The third-order valence-corrected chi connectivity index (χ3v) is 6.85. The molecule has 0 aromatic carbocycles. The summed E-state index contributed by atoms with van der Waals surface area (Å²) in [6, 6.07) is 1.25. The highest BCUT2D eigenvalue weighted by Crippen LogP contribution is 2.47. The van der Waals surface area contributed by atoms with Crippen LogP contribution in [-0.2, 0) is 0 Å². The van der Waals surface area contributed by atoms with Crippen molar-refractivity contribution in [2.45, 2.75) is 94.2 Å². The van der Waals surface area contributed by atoms with Crippen LogP contribution in [0, 0.1) is 40.9 Å². The van der Waals surface area contributed by atoms with E-state index >= 15 is 0 Å². The number of hydrogen-bond donors (Lipinski definition) is 1. The molecule has 0 aromatic heterocycles.